The van der Waals surface area contributed by atoms with E-state index in [1.807, 2.05) is 0 Å². The molecule has 2 aliphatic rings. The highest BCUT2D eigenvalue weighted by molar-refractivity contribution is 4.97. The lowest BCUT2D eigenvalue weighted by Crippen LogP contribution is -2.56. The number of nitrogens with zero attached hydrogens (tertiary/aromatic N) is 2. The van der Waals surface area contributed by atoms with E-state index < -0.39 is 0 Å². The van der Waals surface area contributed by atoms with Crippen molar-refractivity contribution >= 4 is 0 Å². The number of hydrogen-bond acceptors (Lipinski definition) is 3. The van der Waals surface area contributed by atoms with Crippen LogP contribution in [0.2, 0.25) is 0 Å². The van der Waals surface area contributed by atoms with Gasteiger partial charge in [-0.3, -0.25) is 0 Å². The molecule has 0 aromatic rings. The second kappa shape index (κ2) is 6.17. The smallest absolute Gasteiger partial charge is 0.0327 e. The lowest BCUT2D eigenvalue weighted by atomic mass is 9.75. The fraction of sp³-hybridized carbons (Fsp3) is 1.00. The molecule has 3 nitrogen and oxygen atoms in total. The SMILES string of the molecule is CN(C)C1(CNCCCN2CCCC2)CCC1. The molecular weight excluding hydrogens is 210 g/mol. The van der Waals surface area contributed by atoms with Crippen molar-refractivity contribution in [2.24, 2.45) is 0 Å². The average Bonchev–Trinajstić information content (AvgIpc) is 2.73. The third-order valence-electron chi connectivity index (χ3n) is 4.71. The second-order valence-electron chi connectivity index (χ2n) is 6.05. The number of likely N-dealkylation sites (tertiary alicyclic amines) is 1. The first kappa shape index (κ1) is 13.3. The van der Waals surface area contributed by atoms with Crippen LogP contribution in [0, 0.1) is 0 Å². The molecule has 2 rings (SSSR count). The summed E-state index contributed by atoms with van der Waals surface area (Å²) in [6, 6.07) is 0. The fourth-order valence-corrected chi connectivity index (χ4v) is 3.12. The molecule has 0 aromatic carbocycles. The maximum Gasteiger partial charge on any atom is 0.0327 e. The average molecular weight is 239 g/mol. The summed E-state index contributed by atoms with van der Waals surface area (Å²) < 4.78 is 0. The summed E-state index contributed by atoms with van der Waals surface area (Å²) in [5.74, 6) is 0. The summed E-state index contributed by atoms with van der Waals surface area (Å²) in [6.07, 6.45) is 8.30. The molecule has 0 bridgehead atoms. The van der Waals surface area contributed by atoms with Crippen LogP contribution in [0.1, 0.15) is 38.5 Å². The maximum atomic E-state index is 3.67. The molecule has 0 amide bonds. The number of likely N-dealkylation sites (N-methyl/N-ethyl adjacent to an activating group) is 1. The van der Waals surface area contributed by atoms with Crippen molar-refractivity contribution in [1.82, 2.24) is 15.1 Å². The molecule has 1 N–H and O–H groups in total. The van der Waals surface area contributed by atoms with Gasteiger partial charge in [0.2, 0.25) is 0 Å². The largest absolute Gasteiger partial charge is 0.315 e. The Morgan fingerprint density at radius 3 is 2.35 bits per heavy atom. The minimum Gasteiger partial charge on any atom is -0.315 e. The van der Waals surface area contributed by atoms with E-state index in [0.29, 0.717) is 5.54 Å². The van der Waals surface area contributed by atoms with Crippen molar-refractivity contribution in [3.8, 4) is 0 Å². The third-order valence-corrected chi connectivity index (χ3v) is 4.71. The van der Waals surface area contributed by atoms with Crippen LogP contribution >= 0.6 is 0 Å². The van der Waals surface area contributed by atoms with Crippen molar-refractivity contribution in [3.63, 3.8) is 0 Å². The van der Waals surface area contributed by atoms with Gasteiger partial charge >= 0.3 is 0 Å². The van der Waals surface area contributed by atoms with Crippen molar-refractivity contribution in [1.29, 1.82) is 0 Å². The van der Waals surface area contributed by atoms with E-state index in [0.717, 1.165) is 0 Å². The van der Waals surface area contributed by atoms with Gasteiger partial charge in [-0.05, 0) is 78.8 Å². The van der Waals surface area contributed by atoms with Gasteiger partial charge in [0.05, 0.1) is 0 Å². The first-order valence-electron chi connectivity index (χ1n) is 7.33. The van der Waals surface area contributed by atoms with E-state index >= 15 is 0 Å². The van der Waals surface area contributed by atoms with Crippen LogP contribution in [0.4, 0.5) is 0 Å². The zero-order valence-electron chi connectivity index (χ0n) is 11.7. The van der Waals surface area contributed by atoms with E-state index in [4.69, 9.17) is 0 Å². The Morgan fingerprint density at radius 1 is 1.12 bits per heavy atom. The van der Waals surface area contributed by atoms with Crippen LogP contribution in [-0.4, -0.2) is 62.2 Å². The molecule has 0 aromatic heterocycles. The van der Waals surface area contributed by atoms with Crippen LogP contribution in [0.25, 0.3) is 0 Å². The van der Waals surface area contributed by atoms with Crippen LogP contribution in [0.15, 0.2) is 0 Å². The predicted molar refractivity (Wildman–Crippen MR) is 73.4 cm³/mol. The number of hydrogen-bond donors (Lipinski definition) is 1. The lowest BCUT2D eigenvalue weighted by molar-refractivity contribution is 0.0601. The van der Waals surface area contributed by atoms with E-state index in [9.17, 15) is 0 Å². The highest BCUT2D eigenvalue weighted by atomic mass is 15.2. The van der Waals surface area contributed by atoms with E-state index in [2.05, 4.69) is 29.2 Å². The van der Waals surface area contributed by atoms with Gasteiger partial charge < -0.3 is 15.1 Å². The Labute approximate surface area is 107 Å². The molecule has 0 unspecified atom stereocenters. The molecule has 1 heterocycles. The topological polar surface area (TPSA) is 18.5 Å². The van der Waals surface area contributed by atoms with Gasteiger partial charge in [-0.2, -0.15) is 0 Å². The molecule has 100 valence electrons. The molecule has 0 spiro atoms. The number of nitrogens with one attached hydrogen (secondary N) is 1. The van der Waals surface area contributed by atoms with E-state index in [1.165, 1.54) is 71.2 Å². The second-order valence-corrected chi connectivity index (χ2v) is 6.05. The summed E-state index contributed by atoms with van der Waals surface area (Å²) in [7, 11) is 4.45. The molecule has 3 heteroatoms. The Balaban J connectivity index is 1.53. The molecule has 0 radical (unpaired) electrons. The normalized spacial score (nSPS) is 24.2. The van der Waals surface area contributed by atoms with Crippen molar-refractivity contribution in [2.45, 2.75) is 44.1 Å². The molecule has 17 heavy (non-hydrogen) atoms. The van der Waals surface area contributed by atoms with Crippen molar-refractivity contribution in [2.75, 3.05) is 46.8 Å². The lowest BCUT2D eigenvalue weighted by Gasteiger charge is -2.47. The van der Waals surface area contributed by atoms with Crippen molar-refractivity contribution < 1.29 is 0 Å². The summed E-state index contributed by atoms with van der Waals surface area (Å²) >= 11 is 0. The molecule has 2 fully saturated rings. The molecule has 1 aliphatic carbocycles. The monoisotopic (exact) mass is 239 g/mol. The standard InChI is InChI=1S/C14H29N3/c1-16(2)14(7-5-8-14)13-15-9-6-12-17-10-3-4-11-17/h15H,3-13H2,1-2H3. The molecule has 1 saturated heterocycles. The maximum absolute atomic E-state index is 3.67. The summed E-state index contributed by atoms with van der Waals surface area (Å²) in [5.41, 5.74) is 0.480. The van der Waals surface area contributed by atoms with Gasteiger partial charge in [0.1, 0.15) is 0 Å². The van der Waals surface area contributed by atoms with E-state index in [1.54, 1.807) is 0 Å². The van der Waals surface area contributed by atoms with Gasteiger partial charge in [0, 0.05) is 12.1 Å². The molecular formula is C14H29N3. The molecule has 1 saturated carbocycles. The van der Waals surface area contributed by atoms with Gasteiger partial charge in [-0.25, -0.2) is 0 Å². The predicted octanol–water partition coefficient (Wildman–Crippen LogP) is 1.55. The van der Waals surface area contributed by atoms with E-state index in [-0.39, 0.29) is 0 Å². The third kappa shape index (κ3) is 3.43. The van der Waals surface area contributed by atoms with Crippen LogP contribution in [0.3, 0.4) is 0 Å². The zero-order valence-corrected chi connectivity index (χ0v) is 11.7. The number of rotatable bonds is 7. The van der Waals surface area contributed by atoms with Gasteiger partial charge in [-0.1, -0.05) is 0 Å². The minimum atomic E-state index is 0.480. The van der Waals surface area contributed by atoms with Gasteiger partial charge in [-0.15, -0.1) is 0 Å². The molecule has 1 aliphatic heterocycles. The molecule has 0 atom stereocenters. The Hall–Kier alpha value is -0.120. The zero-order chi connectivity index (χ0) is 12.1. The van der Waals surface area contributed by atoms with Crippen LogP contribution in [0.5, 0.6) is 0 Å². The first-order valence-corrected chi connectivity index (χ1v) is 7.33. The Bertz CT molecular complexity index is 218. The quantitative estimate of drug-likeness (QED) is 0.680. The Kier molecular flexibility index (Phi) is 4.83. The first-order chi connectivity index (χ1) is 8.23. The van der Waals surface area contributed by atoms with Crippen molar-refractivity contribution in [3.05, 3.63) is 0 Å². The summed E-state index contributed by atoms with van der Waals surface area (Å²) in [5, 5.41) is 3.67. The summed E-state index contributed by atoms with van der Waals surface area (Å²) in [6.45, 7) is 6.33. The highest BCUT2D eigenvalue weighted by Gasteiger charge is 2.38. The van der Waals surface area contributed by atoms with Gasteiger partial charge in [0.15, 0.2) is 0 Å². The van der Waals surface area contributed by atoms with Crippen LogP contribution in [-0.2, 0) is 0 Å². The van der Waals surface area contributed by atoms with Crippen LogP contribution < -0.4 is 5.32 Å². The van der Waals surface area contributed by atoms with Gasteiger partial charge in [0.25, 0.3) is 0 Å². The Morgan fingerprint density at radius 2 is 1.82 bits per heavy atom. The summed E-state index contributed by atoms with van der Waals surface area (Å²) in [4.78, 5) is 5.02. The fourth-order valence-electron chi connectivity index (χ4n) is 3.12. The highest BCUT2D eigenvalue weighted by Crippen LogP contribution is 2.35. The minimum absolute atomic E-state index is 0.480.